The number of hydrogen-bond acceptors (Lipinski definition) is 4. The van der Waals surface area contributed by atoms with Gasteiger partial charge >= 0.3 is 0 Å². The van der Waals surface area contributed by atoms with E-state index < -0.39 is 0 Å². The third kappa shape index (κ3) is 3.05. The number of aromatic nitrogens is 1. The van der Waals surface area contributed by atoms with Crippen LogP contribution in [0.2, 0.25) is 0 Å². The first kappa shape index (κ1) is 13.3. The standard InChI is InChI=1S/C15H17N3OS/c1-18-8-7-12-13(10-18)20-15(16-12)17-14(19)9-11-5-3-2-4-6-11/h2-6H,7-10H2,1H3,(H,16,17,19). The summed E-state index contributed by atoms with van der Waals surface area (Å²) in [4.78, 5) is 20.1. The summed E-state index contributed by atoms with van der Waals surface area (Å²) in [6, 6.07) is 9.76. The van der Waals surface area contributed by atoms with Crippen LogP contribution in [-0.4, -0.2) is 29.4 Å². The lowest BCUT2D eigenvalue weighted by Crippen LogP contribution is -2.25. The van der Waals surface area contributed by atoms with Gasteiger partial charge < -0.3 is 10.2 Å². The fourth-order valence-corrected chi connectivity index (χ4v) is 3.43. The van der Waals surface area contributed by atoms with Crippen molar-refractivity contribution in [2.45, 2.75) is 19.4 Å². The van der Waals surface area contributed by atoms with Crippen LogP contribution in [0.5, 0.6) is 0 Å². The lowest BCUT2D eigenvalue weighted by atomic mass is 10.1. The molecule has 3 rings (SSSR count). The first-order valence-electron chi connectivity index (χ1n) is 6.71. The minimum absolute atomic E-state index is 0.00403. The molecule has 1 amide bonds. The number of nitrogens with one attached hydrogen (secondary N) is 1. The van der Waals surface area contributed by atoms with Crippen LogP contribution < -0.4 is 5.32 Å². The van der Waals surface area contributed by atoms with Gasteiger partial charge in [-0.05, 0) is 12.6 Å². The zero-order valence-electron chi connectivity index (χ0n) is 11.4. The van der Waals surface area contributed by atoms with Gasteiger partial charge in [-0.1, -0.05) is 30.3 Å². The maximum Gasteiger partial charge on any atom is 0.230 e. The van der Waals surface area contributed by atoms with Crippen molar-refractivity contribution in [2.24, 2.45) is 0 Å². The number of carbonyl (C=O) groups is 1. The first-order chi connectivity index (χ1) is 9.70. The summed E-state index contributed by atoms with van der Waals surface area (Å²) in [6.07, 6.45) is 1.36. The largest absolute Gasteiger partial charge is 0.302 e. The molecular formula is C15H17N3OS. The molecule has 0 saturated heterocycles. The van der Waals surface area contributed by atoms with Crippen molar-refractivity contribution in [3.63, 3.8) is 0 Å². The predicted molar refractivity (Wildman–Crippen MR) is 80.9 cm³/mol. The van der Waals surface area contributed by atoms with Gasteiger partial charge in [0.25, 0.3) is 0 Å². The highest BCUT2D eigenvalue weighted by atomic mass is 32.1. The molecule has 1 aliphatic heterocycles. The number of likely N-dealkylation sites (N-methyl/N-ethyl adjacent to an activating group) is 1. The molecule has 0 fully saturated rings. The SMILES string of the molecule is CN1CCc2nc(NC(=O)Cc3ccccc3)sc2C1. The number of anilines is 1. The molecule has 4 nitrogen and oxygen atoms in total. The van der Waals surface area contributed by atoms with Gasteiger partial charge in [-0.2, -0.15) is 0 Å². The summed E-state index contributed by atoms with van der Waals surface area (Å²) >= 11 is 1.59. The molecule has 5 heteroatoms. The summed E-state index contributed by atoms with van der Waals surface area (Å²) in [5.74, 6) is -0.00403. The molecular weight excluding hydrogens is 270 g/mol. The second-order valence-electron chi connectivity index (χ2n) is 5.09. The summed E-state index contributed by atoms with van der Waals surface area (Å²) in [5.41, 5.74) is 2.16. The van der Waals surface area contributed by atoms with Crippen molar-refractivity contribution < 1.29 is 4.79 Å². The molecule has 0 atom stereocenters. The van der Waals surface area contributed by atoms with E-state index in [1.54, 1.807) is 11.3 Å². The molecule has 0 spiro atoms. The number of hydrogen-bond donors (Lipinski definition) is 1. The fraction of sp³-hybridized carbons (Fsp3) is 0.333. The Bertz CT molecular complexity index is 609. The molecule has 1 aliphatic rings. The fourth-order valence-electron chi connectivity index (χ4n) is 2.32. The highest BCUT2D eigenvalue weighted by Crippen LogP contribution is 2.27. The molecule has 104 valence electrons. The Hall–Kier alpha value is -1.72. The van der Waals surface area contributed by atoms with E-state index >= 15 is 0 Å². The summed E-state index contributed by atoms with van der Waals surface area (Å²) in [6.45, 7) is 1.97. The topological polar surface area (TPSA) is 45.2 Å². The van der Waals surface area contributed by atoms with E-state index in [2.05, 4.69) is 22.2 Å². The zero-order valence-corrected chi connectivity index (χ0v) is 12.2. The molecule has 0 bridgehead atoms. The monoisotopic (exact) mass is 287 g/mol. The Morgan fingerprint density at radius 2 is 2.20 bits per heavy atom. The van der Waals surface area contributed by atoms with Crippen LogP contribution in [0.25, 0.3) is 0 Å². The lowest BCUT2D eigenvalue weighted by molar-refractivity contribution is -0.115. The number of nitrogens with zero attached hydrogens (tertiary/aromatic N) is 2. The first-order valence-corrected chi connectivity index (χ1v) is 7.53. The van der Waals surface area contributed by atoms with Gasteiger partial charge in [0.2, 0.25) is 5.91 Å². The van der Waals surface area contributed by atoms with Crippen LogP contribution in [0, 0.1) is 0 Å². The van der Waals surface area contributed by atoms with E-state index in [-0.39, 0.29) is 5.91 Å². The van der Waals surface area contributed by atoms with E-state index in [9.17, 15) is 4.79 Å². The second-order valence-corrected chi connectivity index (χ2v) is 6.17. The van der Waals surface area contributed by atoms with Crippen LogP contribution >= 0.6 is 11.3 Å². The summed E-state index contributed by atoms with van der Waals surface area (Å²) in [7, 11) is 2.11. The van der Waals surface area contributed by atoms with Crippen molar-refractivity contribution in [1.29, 1.82) is 0 Å². The smallest absolute Gasteiger partial charge is 0.230 e. The normalized spacial score (nSPS) is 14.8. The second kappa shape index (κ2) is 5.73. The van der Waals surface area contributed by atoms with Crippen molar-refractivity contribution in [3.05, 3.63) is 46.5 Å². The third-order valence-corrected chi connectivity index (χ3v) is 4.37. The molecule has 1 N–H and O–H groups in total. The molecule has 2 heterocycles. The van der Waals surface area contributed by atoms with E-state index in [1.807, 2.05) is 30.3 Å². The molecule has 0 aliphatic carbocycles. The van der Waals surface area contributed by atoms with E-state index in [1.165, 1.54) is 4.88 Å². The Labute approximate surface area is 122 Å². The van der Waals surface area contributed by atoms with Crippen molar-refractivity contribution in [1.82, 2.24) is 9.88 Å². The van der Waals surface area contributed by atoms with Gasteiger partial charge in [-0.25, -0.2) is 4.98 Å². The van der Waals surface area contributed by atoms with E-state index in [0.717, 1.165) is 35.9 Å². The molecule has 1 aromatic carbocycles. The minimum Gasteiger partial charge on any atom is -0.302 e. The van der Waals surface area contributed by atoms with Crippen molar-refractivity contribution in [3.8, 4) is 0 Å². The molecule has 20 heavy (non-hydrogen) atoms. The number of rotatable bonds is 3. The van der Waals surface area contributed by atoms with Crippen LogP contribution in [0.15, 0.2) is 30.3 Å². The van der Waals surface area contributed by atoms with Gasteiger partial charge in [-0.15, -0.1) is 11.3 Å². The van der Waals surface area contributed by atoms with Crippen LogP contribution in [-0.2, 0) is 24.2 Å². The van der Waals surface area contributed by atoms with Crippen LogP contribution in [0.1, 0.15) is 16.1 Å². The van der Waals surface area contributed by atoms with Gasteiger partial charge in [0, 0.05) is 24.4 Å². The van der Waals surface area contributed by atoms with Gasteiger partial charge in [0.05, 0.1) is 12.1 Å². The van der Waals surface area contributed by atoms with Gasteiger partial charge in [0.15, 0.2) is 5.13 Å². The predicted octanol–water partition coefficient (Wildman–Crippen LogP) is 2.31. The van der Waals surface area contributed by atoms with Gasteiger partial charge in [-0.3, -0.25) is 4.79 Å². The highest BCUT2D eigenvalue weighted by molar-refractivity contribution is 7.15. The number of thiazole rings is 1. The van der Waals surface area contributed by atoms with Gasteiger partial charge in [0.1, 0.15) is 0 Å². The van der Waals surface area contributed by atoms with Crippen LogP contribution in [0.4, 0.5) is 5.13 Å². The Balaban J connectivity index is 1.65. The summed E-state index contributed by atoms with van der Waals surface area (Å²) in [5, 5.41) is 3.64. The number of amides is 1. The number of carbonyl (C=O) groups excluding carboxylic acids is 1. The zero-order chi connectivity index (χ0) is 13.9. The molecule has 0 radical (unpaired) electrons. The molecule has 1 aromatic heterocycles. The van der Waals surface area contributed by atoms with Crippen molar-refractivity contribution >= 4 is 22.4 Å². The quantitative estimate of drug-likeness (QED) is 0.942. The molecule has 0 saturated carbocycles. The maximum atomic E-state index is 12.0. The number of benzene rings is 1. The minimum atomic E-state index is -0.00403. The Morgan fingerprint density at radius 3 is 3.00 bits per heavy atom. The highest BCUT2D eigenvalue weighted by Gasteiger charge is 2.19. The lowest BCUT2D eigenvalue weighted by Gasteiger charge is -2.20. The Morgan fingerprint density at radius 1 is 1.40 bits per heavy atom. The molecule has 0 unspecified atom stereocenters. The molecule has 2 aromatic rings. The average molecular weight is 287 g/mol. The maximum absolute atomic E-state index is 12.0. The van der Waals surface area contributed by atoms with E-state index in [4.69, 9.17) is 0 Å². The average Bonchev–Trinajstić information content (AvgIpc) is 2.80. The van der Waals surface area contributed by atoms with E-state index in [0.29, 0.717) is 6.42 Å². The van der Waals surface area contributed by atoms with Crippen molar-refractivity contribution in [2.75, 3.05) is 18.9 Å². The third-order valence-electron chi connectivity index (χ3n) is 3.38. The summed E-state index contributed by atoms with van der Waals surface area (Å²) < 4.78 is 0. The number of fused-ring (bicyclic) bond motifs is 1. The Kier molecular flexibility index (Phi) is 3.80. The van der Waals surface area contributed by atoms with Crippen LogP contribution in [0.3, 0.4) is 0 Å².